The van der Waals surface area contributed by atoms with Gasteiger partial charge in [-0.05, 0) is 47.7 Å². The number of likely N-dealkylation sites (tertiary alicyclic amines) is 1. The van der Waals surface area contributed by atoms with Crippen LogP contribution in [-0.2, 0) is 10.0 Å². The first-order valence-corrected chi connectivity index (χ1v) is 12.1. The van der Waals surface area contributed by atoms with Gasteiger partial charge < -0.3 is 14.9 Å². The minimum absolute atomic E-state index is 0.103. The molecule has 0 amide bonds. The maximum Gasteiger partial charge on any atom is 0.341 e. The molecular formula is C23H23FN2O6S. The molecule has 33 heavy (non-hydrogen) atoms. The minimum atomic E-state index is -4.24. The lowest BCUT2D eigenvalue weighted by Gasteiger charge is -2.34. The molecule has 3 aliphatic rings. The highest BCUT2D eigenvalue weighted by molar-refractivity contribution is 7.92. The van der Waals surface area contributed by atoms with Gasteiger partial charge in [-0.25, -0.2) is 17.6 Å². The van der Waals surface area contributed by atoms with Crippen LogP contribution >= 0.6 is 0 Å². The van der Waals surface area contributed by atoms with Gasteiger partial charge >= 0.3 is 5.97 Å². The second-order valence-corrected chi connectivity index (χ2v) is 10.3. The highest BCUT2D eigenvalue weighted by Crippen LogP contribution is 2.55. The van der Waals surface area contributed by atoms with Crippen LogP contribution < -0.4 is 9.46 Å². The molecular weight excluding hydrogens is 451 g/mol. The lowest BCUT2D eigenvalue weighted by molar-refractivity contribution is 0.00991. The van der Waals surface area contributed by atoms with Gasteiger partial charge in [-0.3, -0.25) is 9.62 Å². The number of carboxylic acids is 1. The summed E-state index contributed by atoms with van der Waals surface area (Å²) in [4.78, 5) is 13.8. The van der Waals surface area contributed by atoms with E-state index in [1.54, 1.807) is 12.1 Å². The second kappa shape index (κ2) is 8.12. The number of hydrogen-bond acceptors (Lipinski definition) is 6. The van der Waals surface area contributed by atoms with Crippen molar-refractivity contribution < 1.29 is 32.6 Å². The zero-order valence-electron chi connectivity index (χ0n) is 17.6. The summed E-state index contributed by atoms with van der Waals surface area (Å²) < 4.78 is 48.3. The number of sulfonamides is 1. The predicted octanol–water partition coefficient (Wildman–Crippen LogP) is 2.51. The number of aliphatic hydroxyl groups excluding tert-OH is 1. The van der Waals surface area contributed by atoms with Crippen LogP contribution in [0, 0.1) is 11.7 Å². The number of fused-ring (bicyclic) bond motifs is 3. The molecule has 1 saturated carbocycles. The van der Waals surface area contributed by atoms with E-state index in [-0.39, 0.29) is 39.5 Å². The van der Waals surface area contributed by atoms with Crippen molar-refractivity contribution >= 4 is 27.8 Å². The summed E-state index contributed by atoms with van der Waals surface area (Å²) in [6.07, 6.45) is 3.77. The zero-order valence-corrected chi connectivity index (χ0v) is 18.4. The maximum absolute atomic E-state index is 13.9. The van der Waals surface area contributed by atoms with Crippen LogP contribution in [0.5, 0.6) is 5.75 Å². The maximum atomic E-state index is 13.9. The van der Waals surface area contributed by atoms with E-state index in [1.807, 2.05) is 4.90 Å². The lowest BCUT2D eigenvalue weighted by Crippen LogP contribution is -2.50. The van der Waals surface area contributed by atoms with Crippen molar-refractivity contribution in [3.63, 3.8) is 0 Å². The first kappa shape index (κ1) is 21.9. The van der Waals surface area contributed by atoms with Crippen molar-refractivity contribution in [1.29, 1.82) is 0 Å². The Hall–Kier alpha value is -2.95. The monoisotopic (exact) mass is 474 g/mol. The Bertz CT molecular complexity index is 1260. The molecule has 5 rings (SSSR count). The van der Waals surface area contributed by atoms with Crippen molar-refractivity contribution in [3.8, 4) is 5.75 Å². The van der Waals surface area contributed by atoms with Gasteiger partial charge in [-0.1, -0.05) is 18.2 Å². The van der Waals surface area contributed by atoms with Gasteiger partial charge in [0.25, 0.3) is 10.0 Å². The standard InChI is InChI=1S/C23H23FN2O6S/c24-15-3-6-20(13(8-15)2-1-7-26-10-16(27)11-26)33(30,31)25-19-5-4-17-18-9-14(18)12-32-22(17)21(19)23(28)29/h1-6,8,14,16,18,25,27H,7,9-12H2,(H,28,29)/b2-1-. The van der Waals surface area contributed by atoms with Crippen LogP contribution in [0.4, 0.5) is 10.1 Å². The third kappa shape index (κ3) is 4.21. The van der Waals surface area contributed by atoms with Gasteiger partial charge in [0.2, 0.25) is 0 Å². The first-order valence-electron chi connectivity index (χ1n) is 10.7. The summed E-state index contributed by atoms with van der Waals surface area (Å²) in [5.74, 6) is -1.05. The quantitative estimate of drug-likeness (QED) is 0.565. The topological polar surface area (TPSA) is 116 Å². The van der Waals surface area contributed by atoms with Crippen molar-refractivity contribution in [1.82, 2.24) is 4.90 Å². The average Bonchev–Trinajstić information content (AvgIpc) is 3.51. The molecule has 2 unspecified atom stereocenters. The number of carboxylic acid groups (broad SMARTS) is 1. The summed E-state index contributed by atoms with van der Waals surface area (Å²) >= 11 is 0. The van der Waals surface area contributed by atoms with Crippen molar-refractivity contribution in [2.24, 2.45) is 5.92 Å². The van der Waals surface area contributed by atoms with Crippen LogP contribution in [0.2, 0.25) is 0 Å². The molecule has 0 spiro atoms. The smallest absolute Gasteiger partial charge is 0.341 e. The Balaban J connectivity index is 1.45. The Morgan fingerprint density at radius 2 is 2.06 bits per heavy atom. The Morgan fingerprint density at radius 3 is 2.79 bits per heavy atom. The number of carbonyl (C=O) groups is 1. The Labute approximate surface area is 190 Å². The summed E-state index contributed by atoms with van der Waals surface area (Å²) in [6.45, 7) is 1.95. The summed E-state index contributed by atoms with van der Waals surface area (Å²) in [6, 6.07) is 6.44. The molecule has 0 radical (unpaired) electrons. The van der Waals surface area contributed by atoms with E-state index in [2.05, 4.69) is 4.72 Å². The molecule has 3 N–H and O–H groups in total. The third-order valence-corrected chi connectivity index (χ3v) is 7.71. The van der Waals surface area contributed by atoms with Gasteiger partial charge in [0.05, 0.1) is 23.3 Å². The molecule has 2 fully saturated rings. The number of nitrogens with one attached hydrogen (secondary N) is 1. The number of rotatable bonds is 7. The molecule has 2 aromatic rings. The highest BCUT2D eigenvalue weighted by atomic mass is 32.2. The predicted molar refractivity (Wildman–Crippen MR) is 118 cm³/mol. The second-order valence-electron chi connectivity index (χ2n) is 8.69. The largest absolute Gasteiger partial charge is 0.492 e. The Kier molecular flexibility index (Phi) is 5.38. The number of aromatic carboxylic acids is 1. The van der Waals surface area contributed by atoms with Gasteiger partial charge in [0, 0.05) is 25.6 Å². The highest BCUT2D eigenvalue weighted by Gasteiger charge is 2.45. The third-order valence-electron chi connectivity index (χ3n) is 6.27. The van der Waals surface area contributed by atoms with E-state index < -0.39 is 21.8 Å². The van der Waals surface area contributed by atoms with E-state index in [0.29, 0.717) is 32.2 Å². The van der Waals surface area contributed by atoms with Gasteiger partial charge in [-0.2, -0.15) is 0 Å². The van der Waals surface area contributed by atoms with E-state index in [1.165, 1.54) is 12.1 Å². The molecule has 174 valence electrons. The number of nitrogens with zero attached hydrogens (tertiary/aromatic N) is 1. The number of anilines is 1. The SMILES string of the molecule is O=C(O)c1c(NS(=O)(=O)c2ccc(F)cc2/C=C\CN2CC(O)C2)ccc2c1OCC1CC21. The van der Waals surface area contributed by atoms with Gasteiger partial charge in [-0.15, -0.1) is 0 Å². The number of ether oxygens (including phenoxy) is 1. The number of β-amino-alcohol motifs (C(OH)–C–C–N with tert-alkyl or cyclic N) is 1. The molecule has 0 bridgehead atoms. The minimum Gasteiger partial charge on any atom is -0.492 e. The lowest BCUT2D eigenvalue weighted by atomic mass is 10.0. The molecule has 1 aliphatic carbocycles. The Morgan fingerprint density at radius 1 is 1.27 bits per heavy atom. The van der Waals surface area contributed by atoms with E-state index in [9.17, 15) is 27.8 Å². The number of halogens is 1. The molecule has 2 heterocycles. The molecule has 0 aromatic heterocycles. The fraction of sp³-hybridized carbons (Fsp3) is 0.348. The van der Waals surface area contributed by atoms with Gasteiger partial charge in [0.15, 0.2) is 0 Å². The van der Waals surface area contributed by atoms with Gasteiger partial charge in [0.1, 0.15) is 17.1 Å². The number of hydrogen-bond donors (Lipinski definition) is 3. The molecule has 10 heteroatoms. The summed E-state index contributed by atoms with van der Waals surface area (Å²) in [5.41, 5.74) is 0.592. The van der Waals surface area contributed by atoms with Crippen molar-refractivity contribution in [2.45, 2.75) is 23.3 Å². The molecule has 8 nitrogen and oxygen atoms in total. The van der Waals surface area contributed by atoms with E-state index in [0.717, 1.165) is 30.2 Å². The van der Waals surface area contributed by atoms with Crippen LogP contribution in [0.15, 0.2) is 41.3 Å². The number of aliphatic hydroxyl groups is 1. The first-order chi connectivity index (χ1) is 15.7. The van der Waals surface area contributed by atoms with Crippen molar-refractivity contribution in [2.75, 3.05) is 31.0 Å². The summed E-state index contributed by atoms with van der Waals surface area (Å²) in [7, 11) is -4.24. The molecule has 1 saturated heterocycles. The average molecular weight is 475 g/mol. The van der Waals surface area contributed by atoms with E-state index >= 15 is 0 Å². The van der Waals surface area contributed by atoms with Crippen LogP contribution in [0.1, 0.15) is 33.8 Å². The summed E-state index contributed by atoms with van der Waals surface area (Å²) in [5, 5.41) is 19.2. The zero-order chi connectivity index (χ0) is 23.3. The normalized spacial score (nSPS) is 22.2. The van der Waals surface area contributed by atoms with E-state index in [4.69, 9.17) is 4.74 Å². The van der Waals surface area contributed by atoms with Crippen LogP contribution in [0.25, 0.3) is 6.08 Å². The molecule has 2 aliphatic heterocycles. The molecule has 2 aromatic carbocycles. The molecule has 2 atom stereocenters. The fourth-order valence-corrected chi connectivity index (χ4v) is 5.72. The number of benzene rings is 2. The van der Waals surface area contributed by atoms with Crippen molar-refractivity contribution in [3.05, 3.63) is 58.9 Å². The van der Waals surface area contributed by atoms with Crippen LogP contribution in [-0.4, -0.2) is 61.8 Å². The fourth-order valence-electron chi connectivity index (χ4n) is 4.46. The van der Waals surface area contributed by atoms with Crippen LogP contribution in [0.3, 0.4) is 0 Å².